The minimum Gasteiger partial charge on any atom is -0.478 e. The second-order valence-corrected chi connectivity index (χ2v) is 5.79. The van der Waals surface area contributed by atoms with Gasteiger partial charge in [0.05, 0.1) is 9.40 Å². The predicted octanol–water partition coefficient (Wildman–Crippen LogP) is 3.89. The third-order valence-corrected chi connectivity index (χ3v) is 4.19. The van der Waals surface area contributed by atoms with Gasteiger partial charge in [-0.25, -0.2) is 0 Å². The molecule has 108 valence electrons. The summed E-state index contributed by atoms with van der Waals surface area (Å²) in [5, 5.41) is 10.9. The fraction of sp³-hybridized carbons (Fsp3) is 0.500. The van der Waals surface area contributed by atoms with Crippen molar-refractivity contribution >= 4 is 27.4 Å². The standard InChI is InChI=1S/C14H16BrNO4/c15-11-7-4-8-12(16(18)19)14(11)20-9-13(17)10-5-2-1-3-6-10/h4,7-8,10H,1-3,5-6,9H2. The fourth-order valence-electron chi connectivity index (χ4n) is 2.47. The summed E-state index contributed by atoms with van der Waals surface area (Å²) in [4.78, 5) is 22.5. The lowest BCUT2D eigenvalue weighted by molar-refractivity contribution is -0.385. The minimum absolute atomic E-state index is 0.0368. The van der Waals surface area contributed by atoms with Crippen LogP contribution in [0, 0.1) is 16.0 Å². The largest absolute Gasteiger partial charge is 0.478 e. The van der Waals surface area contributed by atoms with Crippen molar-refractivity contribution in [1.29, 1.82) is 0 Å². The van der Waals surface area contributed by atoms with Crippen LogP contribution in [-0.2, 0) is 4.79 Å². The van der Waals surface area contributed by atoms with Crippen molar-refractivity contribution in [1.82, 2.24) is 0 Å². The molecule has 1 aromatic rings. The van der Waals surface area contributed by atoms with Gasteiger partial charge in [0.2, 0.25) is 5.75 Å². The van der Waals surface area contributed by atoms with Gasteiger partial charge in [-0.05, 0) is 34.8 Å². The molecule has 1 saturated carbocycles. The summed E-state index contributed by atoms with van der Waals surface area (Å²) in [5.74, 6) is 0.210. The maximum atomic E-state index is 12.1. The molecule has 0 spiro atoms. The summed E-state index contributed by atoms with van der Waals surface area (Å²) in [7, 11) is 0. The molecule has 0 N–H and O–H groups in total. The molecule has 1 aromatic carbocycles. The second-order valence-electron chi connectivity index (χ2n) is 4.94. The van der Waals surface area contributed by atoms with Crippen LogP contribution in [0.1, 0.15) is 32.1 Å². The number of benzene rings is 1. The molecule has 20 heavy (non-hydrogen) atoms. The Balaban J connectivity index is 2.03. The Hall–Kier alpha value is -1.43. The molecule has 1 aliphatic carbocycles. The van der Waals surface area contributed by atoms with E-state index in [1.54, 1.807) is 12.1 Å². The third kappa shape index (κ3) is 3.56. The first-order chi connectivity index (χ1) is 9.59. The van der Waals surface area contributed by atoms with Gasteiger partial charge in [0, 0.05) is 12.0 Å². The number of ether oxygens (including phenoxy) is 1. The number of para-hydroxylation sites is 1. The first-order valence-electron chi connectivity index (χ1n) is 6.68. The highest BCUT2D eigenvalue weighted by molar-refractivity contribution is 9.10. The molecule has 6 heteroatoms. The van der Waals surface area contributed by atoms with Gasteiger partial charge < -0.3 is 4.74 Å². The molecular formula is C14H16BrNO4. The maximum Gasteiger partial charge on any atom is 0.312 e. The lowest BCUT2D eigenvalue weighted by atomic mass is 9.86. The number of ketones is 1. The molecule has 0 heterocycles. The number of halogens is 1. The van der Waals surface area contributed by atoms with E-state index in [-0.39, 0.29) is 29.7 Å². The SMILES string of the molecule is O=C(COc1c(Br)cccc1[N+](=O)[O-])C1CCCCC1. The van der Waals surface area contributed by atoms with Crippen molar-refractivity contribution in [3.8, 4) is 5.75 Å². The number of carbonyl (C=O) groups excluding carboxylic acids is 1. The first-order valence-corrected chi connectivity index (χ1v) is 7.47. The molecule has 0 unspecified atom stereocenters. The molecule has 0 atom stereocenters. The van der Waals surface area contributed by atoms with Gasteiger partial charge in [-0.15, -0.1) is 0 Å². The van der Waals surface area contributed by atoms with E-state index < -0.39 is 4.92 Å². The van der Waals surface area contributed by atoms with Crippen LogP contribution in [0.4, 0.5) is 5.69 Å². The van der Waals surface area contributed by atoms with E-state index in [9.17, 15) is 14.9 Å². The highest BCUT2D eigenvalue weighted by Gasteiger charge is 2.24. The Morgan fingerprint density at radius 3 is 2.70 bits per heavy atom. The summed E-state index contributed by atoms with van der Waals surface area (Å²) in [6.45, 7) is -0.103. The molecular weight excluding hydrogens is 326 g/mol. The highest BCUT2D eigenvalue weighted by Crippen LogP contribution is 2.35. The van der Waals surface area contributed by atoms with Gasteiger partial charge in [0.1, 0.15) is 6.61 Å². The maximum absolute atomic E-state index is 12.1. The number of nitro groups is 1. The van der Waals surface area contributed by atoms with Gasteiger partial charge in [-0.2, -0.15) is 0 Å². The molecule has 0 radical (unpaired) electrons. The van der Waals surface area contributed by atoms with Crippen LogP contribution in [0.25, 0.3) is 0 Å². The highest BCUT2D eigenvalue weighted by atomic mass is 79.9. The second kappa shape index (κ2) is 6.83. The number of hydrogen-bond acceptors (Lipinski definition) is 4. The van der Waals surface area contributed by atoms with E-state index in [4.69, 9.17) is 4.74 Å². The van der Waals surface area contributed by atoms with Crippen molar-refractivity contribution in [3.05, 3.63) is 32.8 Å². The van der Waals surface area contributed by atoms with E-state index in [2.05, 4.69) is 15.9 Å². The van der Waals surface area contributed by atoms with E-state index in [1.165, 1.54) is 12.5 Å². The molecule has 2 rings (SSSR count). The summed E-state index contributed by atoms with van der Waals surface area (Å²) >= 11 is 3.22. The van der Waals surface area contributed by atoms with E-state index in [1.807, 2.05) is 0 Å². The summed E-state index contributed by atoms with van der Waals surface area (Å²) in [6, 6.07) is 4.59. The van der Waals surface area contributed by atoms with E-state index in [0.29, 0.717) is 4.47 Å². The molecule has 1 aliphatic rings. The Morgan fingerprint density at radius 2 is 2.05 bits per heavy atom. The normalized spacial score (nSPS) is 15.8. The van der Waals surface area contributed by atoms with Crippen LogP contribution >= 0.6 is 15.9 Å². The number of rotatable bonds is 5. The first kappa shape index (κ1) is 15.0. The van der Waals surface area contributed by atoms with Crippen LogP contribution in [0.2, 0.25) is 0 Å². The van der Waals surface area contributed by atoms with Crippen molar-refractivity contribution in [3.63, 3.8) is 0 Å². The number of Topliss-reactive ketones (excluding diaryl/α,β-unsaturated/α-hetero) is 1. The van der Waals surface area contributed by atoms with E-state index >= 15 is 0 Å². The van der Waals surface area contributed by atoms with Gasteiger partial charge in [0.25, 0.3) is 0 Å². The van der Waals surface area contributed by atoms with Crippen molar-refractivity contribution in [2.75, 3.05) is 6.61 Å². The average Bonchev–Trinajstić information content (AvgIpc) is 2.46. The number of nitro benzene ring substituents is 1. The van der Waals surface area contributed by atoms with Crippen LogP contribution in [-0.4, -0.2) is 17.3 Å². The predicted molar refractivity (Wildman–Crippen MR) is 77.9 cm³/mol. The van der Waals surface area contributed by atoms with Gasteiger partial charge in [0.15, 0.2) is 5.78 Å². The topological polar surface area (TPSA) is 69.4 Å². The van der Waals surface area contributed by atoms with Gasteiger partial charge >= 0.3 is 5.69 Å². The summed E-state index contributed by atoms with van der Waals surface area (Å²) in [5.41, 5.74) is -0.129. The fourth-order valence-corrected chi connectivity index (χ4v) is 2.94. The van der Waals surface area contributed by atoms with Gasteiger partial charge in [-0.1, -0.05) is 25.3 Å². The molecule has 1 fully saturated rings. The quantitative estimate of drug-likeness (QED) is 0.601. The third-order valence-electron chi connectivity index (χ3n) is 3.56. The van der Waals surface area contributed by atoms with Crippen molar-refractivity contribution < 1.29 is 14.5 Å². The van der Waals surface area contributed by atoms with Crippen molar-refractivity contribution in [2.24, 2.45) is 5.92 Å². The number of carbonyl (C=O) groups is 1. The zero-order valence-corrected chi connectivity index (χ0v) is 12.6. The Labute approximate surface area is 125 Å². The van der Waals surface area contributed by atoms with Crippen LogP contribution in [0.3, 0.4) is 0 Å². The average molecular weight is 342 g/mol. The van der Waals surface area contributed by atoms with Crippen LogP contribution in [0.15, 0.2) is 22.7 Å². The summed E-state index contributed by atoms with van der Waals surface area (Å²) in [6.07, 6.45) is 5.14. The Bertz CT molecular complexity index is 512. The minimum atomic E-state index is -0.509. The van der Waals surface area contributed by atoms with Crippen LogP contribution in [0.5, 0.6) is 5.75 Å². The van der Waals surface area contributed by atoms with Crippen LogP contribution < -0.4 is 4.74 Å². The zero-order chi connectivity index (χ0) is 14.5. The molecule has 5 nitrogen and oxygen atoms in total. The van der Waals surface area contributed by atoms with Gasteiger partial charge in [-0.3, -0.25) is 14.9 Å². The van der Waals surface area contributed by atoms with E-state index in [0.717, 1.165) is 25.7 Å². The number of hydrogen-bond donors (Lipinski definition) is 0. The number of nitrogens with zero attached hydrogens (tertiary/aromatic N) is 1. The zero-order valence-electron chi connectivity index (χ0n) is 11.0. The Morgan fingerprint density at radius 1 is 1.35 bits per heavy atom. The lowest BCUT2D eigenvalue weighted by Gasteiger charge is -2.20. The molecule has 0 saturated heterocycles. The molecule has 0 aromatic heterocycles. The lowest BCUT2D eigenvalue weighted by Crippen LogP contribution is -2.23. The smallest absolute Gasteiger partial charge is 0.312 e. The molecule has 0 aliphatic heterocycles. The molecule has 0 bridgehead atoms. The summed E-state index contributed by atoms with van der Waals surface area (Å²) < 4.78 is 5.90. The van der Waals surface area contributed by atoms with Crippen molar-refractivity contribution in [2.45, 2.75) is 32.1 Å². The molecule has 0 amide bonds. The Kier molecular flexibility index (Phi) is 5.11. The monoisotopic (exact) mass is 341 g/mol.